The smallest absolute Gasteiger partial charge is 0.289 e. The Labute approximate surface area is 55.0 Å². The average Bonchev–Trinajstić information content (AvgIpc) is 1.98. The van der Waals surface area contributed by atoms with E-state index in [0.717, 1.165) is 0 Å². The van der Waals surface area contributed by atoms with Crippen LogP contribution in [0, 0.1) is 0 Å². The van der Waals surface area contributed by atoms with Crippen molar-refractivity contribution in [1.82, 2.24) is 3.93 Å². The molecule has 0 aromatic rings. The van der Waals surface area contributed by atoms with Gasteiger partial charge in [-0.3, -0.25) is 13.5 Å². The molecule has 0 spiro atoms. The van der Waals surface area contributed by atoms with Gasteiger partial charge in [0.05, 0.1) is 16.1 Å². The molecule has 0 bridgehead atoms. The van der Waals surface area contributed by atoms with E-state index in [2.05, 4.69) is 16.1 Å². The number of halogens is 1. The standard InChI is InChI=1S/C4H4BrNO2/c5-6-2-1-3(7)4(6)8/h1-2H2. The number of Topliss-reactive ketones (excluding diaryl/α,β-unsaturated/α-hetero) is 1. The second-order valence-electron chi connectivity index (χ2n) is 1.56. The van der Waals surface area contributed by atoms with Gasteiger partial charge < -0.3 is 0 Å². The molecule has 1 aliphatic rings. The third-order valence-electron chi connectivity index (χ3n) is 0.994. The molecule has 0 atom stereocenters. The second kappa shape index (κ2) is 1.85. The molecule has 4 heteroatoms. The first kappa shape index (κ1) is 5.75. The highest BCUT2D eigenvalue weighted by Gasteiger charge is 2.26. The van der Waals surface area contributed by atoms with Gasteiger partial charge >= 0.3 is 0 Å². The Hall–Kier alpha value is -0.380. The summed E-state index contributed by atoms with van der Waals surface area (Å²) in [5, 5.41) is 0. The molecule has 3 nitrogen and oxygen atoms in total. The maximum absolute atomic E-state index is 10.4. The van der Waals surface area contributed by atoms with Crippen molar-refractivity contribution < 1.29 is 9.59 Å². The summed E-state index contributed by atoms with van der Waals surface area (Å²) >= 11 is 2.91. The zero-order chi connectivity index (χ0) is 6.15. The zero-order valence-corrected chi connectivity index (χ0v) is 5.64. The van der Waals surface area contributed by atoms with Gasteiger partial charge in [-0.2, -0.15) is 0 Å². The number of rotatable bonds is 0. The van der Waals surface area contributed by atoms with Crippen molar-refractivity contribution in [3.8, 4) is 0 Å². The van der Waals surface area contributed by atoms with Gasteiger partial charge in [-0.05, 0) is 0 Å². The minimum absolute atomic E-state index is 0.304. The van der Waals surface area contributed by atoms with Crippen molar-refractivity contribution in [2.24, 2.45) is 0 Å². The summed E-state index contributed by atoms with van der Waals surface area (Å²) in [6, 6.07) is 0. The van der Waals surface area contributed by atoms with Crippen LogP contribution >= 0.6 is 16.1 Å². The summed E-state index contributed by atoms with van der Waals surface area (Å²) in [7, 11) is 0. The van der Waals surface area contributed by atoms with E-state index in [9.17, 15) is 9.59 Å². The number of carbonyl (C=O) groups is 2. The summed E-state index contributed by atoms with van der Waals surface area (Å²) in [5.41, 5.74) is 0. The summed E-state index contributed by atoms with van der Waals surface area (Å²) in [4.78, 5) is 20.8. The number of carbonyl (C=O) groups excluding carboxylic acids is 2. The fraction of sp³-hybridized carbons (Fsp3) is 0.500. The molecule has 0 N–H and O–H groups in total. The Bertz CT molecular complexity index is 145. The van der Waals surface area contributed by atoms with Gasteiger partial charge in [-0.1, -0.05) is 0 Å². The molecular weight excluding hydrogens is 174 g/mol. The molecule has 8 heavy (non-hydrogen) atoms. The van der Waals surface area contributed by atoms with Crippen LogP contribution in [0.5, 0.6) is 0 Å². The molecule has 0 unspecified atom stereocenters. The van der Waals surface area contributed by atoms with E-state index >= 15 is 0 Å². The largest absolute Gasteiger partial charge is 0.299 e. The van der Waals surface area contributed by atoms with E-state index in [1.807, 2.05) is 0 Å². The fourth-order valence-corrected chi connectivity index (χ4v) is 0.919. The van der Waals surface area contributed by atoms with Crippen molar-refractivity contribution >= 4 is 27.8 Å². The zero-order valence-electron chi connectivity index (χ0n) is 4.06. The minimum atomic E-state index is -0.426. The van der Waals surface area contributed by atoms with Gasteiger partial charge in [0.2, 0.25) is 5.78 Å². The topological polar surface area (TPSA) is 37.4 Å². The number of hydrogen-bond acceptors (Lipinski definition) is 2. The molecule has 1 rings (SSSR count). The Morgan fingerprint density at radius 3 is 2.25 bits per heavy atom. The third kappa shape index (κ3) is 0.753. The fourth-order valence-electron chi connectivity index (χ4n) is 0.543. The maximum Gasteiger partial charge on any atom is 0.299 e. The van der Waals surface area contributed by atoms with E-state index in [1.165, 1.54) is 3.93 Å². The van der Waals surface area contributed by atoms with Crippen molar-refractivity contribution in [2.75, 3.05) is 6.54 Å². The van der Waals surface area contributed by atoms with Crippen molar-refractivity contribution in [2.45, 2.75) is 6.42 Å². The van der Waals surface area contributed by atoms with Crippen LogP contribution in [0.4, 0.5) is 0 Å². The van der Waals surface area contributed by atoms with E-state index in [1.54, 1.807) is 0 Å². The lowest BCUT2D eigenvalue weighted by atomic mass is 10.3. The highest BCUT2D eigenvalue weighted by Crippen LogP contribution is 2.09. The van der Waals surface area contributed by atoms with E-state index in [4.69, 9.17) is 0 Å². The van der Waals surface area contributed by atoms with Gasteiger partial charge in [0.25, 0.3) is 5.91 Å². The third-order valence-corrected chi connectivity index (χ3v) is 1.67. The molecule has 0 aromatic heterocycles. The highest BCUT2D eigenvalue weighted by atomic mass is 79.9. The van der Waals surface area contributed by atoms with Crippen LogP contribution in [0.3, 0.4) is 0 Å². The molecule has 44 valence electrons. The Morgan fingerprint density at radius 1 is 1.50 bits per heavy atom. The first-order valence-corrected chi connectivity index (χ1v) is 2.93. The van der Waals surface area contributed by atoms with Gasteiger partial charge in [0, 0.05) is 13.0 Å². The molecule has 0 saturated carbocycles. The SMILES string of the molecule is O=C1CCN(Br)C1=O. The van der Waals surface area contributed by atoms with Crippen LogP contribution in [0.2, 0.25) is 0 Å². The van der Waals surface area contributed by atoms with E-state index in [-0.39, 0.29) is 5.78 Å². The average molecular weight is 178 g/mol. The second-order valence-corrected chi connectivity index (χ2v) is 2.42. The van der Waals surface area contributed by atoms with Crippen LogP contribution in [0.1, 0.15) is 6.42 Å². The van der Waals surface area contributed by atoms with E-state index in [0.29, 0.717) is 13.0 Å². The minimum Gasteiger partial charge on any atom is -0.289 e. The monoisotopic (exact) mass is 177 g/mol. The van der Waals surface area contributed by atoms with Gasteiger partial charge in [-0.15, -0.1) is 0 Å². The van der Waals surface area contributed by atoms with Crippen LogP contribution in [-0.2, 0) is 9.59 Å². The van der Waals surface area contributed by atoms with Crippen LogP contribution in [0.15, 0.2) is 0 Å². The maximum atomic E-state index is 10.4. The van der Waals surface area contributed by atoms with Crippen molar-refractivity contribution in [3.63, 3.8) is 0 Å². The van der Waals surface area contributed by atoms with Crippen molar-refractivity contribution in [1.29, 1.82) is 0 Å². The molecule has 0 aliphatic carbocycles. The Kier molecular flexibility index (Phi) is 1.33. The van der Waals surface area contributed by atoms with Crippen LogP contribution in [0.25, 0.3) is 0 Å². The predicted octanol–water partition coefficient (Wildman–Crippen LogP) is 0.0977. The van der Waals surface area contributed by atoms with E-state index < -0.39 is 5.91 Å². The molecule has 1 fully saturated rings. The lowest BCUT2D eigenvalue weighted by Crippen LogP contribution is -2.16. The number of nitrogens with zero attached hydrogens (tertiary/aromatic N) is 1. The molecule has 0 aromatic carbocycles. The quantitative estimate of drug-likeness (QED) is 0.389. The normalized spacial score (nSPS) is 20.4. The summed E-state index contributed by atoms with van der Waals surface area (Å²) in [6.07, 6.45) is 0.351. The van der Waals surface area contributed by atoms with Gasteiger partial charge in [0.15, 0.2) is 0 Å². The molecule has 1 saturated heterocycles. The van der Waals surface area contributed by atoms with Crippen LogP contribution < -0.4 is 0 Å². The van der Waals surface area contributed by atoms with Crippen molar-refractivity contribution in [3.05, 3.63) is 0 Å². The summed E-state index contributed by atoms with van der Waals surface area (Å²) < 4.78 is 1.25. The lowest BCUT2D eigenvalue weighted by Gasteiger charge is -1.97. The molecule has 0 radical (unpaired) electrons. The predicted molar refractivity (Wildman–Crippen MR) is 30.3 cm³/mol. The summed E-state index contributed by atoms with van der Waals surface area (Å²) in [5.74, 6) is -0.730. The number of ketones is 1. The first-order chi connectivity index (χ1) is 3.72. The lowest BCUT2D eigenvalue weighted by molar-refractivity contribution is -0.137. The molecule has 1 amide bonds. The Morgan fingerprint density at radius 2 is 2.12 bits per heavy atom. The molecule has 1 aliphatic heterocycles. The first-order valence-electron chi connectivity index (χ1n) is 2.22. The number of amides is 1. The highest BCUT2D eigenvalue weighted by molar-refractivity contribution is 9.07. The summed E-state index contributed by atoms with van der Waals surface area (Å²) in [6.45, 7) is 0.512. The van der Waals surface area contributed by atoms with Gasteiger partial charge in [0.1, 0.15) is 0 Å². The molecule has 1 heterocycles. The number of hydrogen-bond donors (Lipinski definition) is 0. The van der Waals surface area contributed by atoms with Crippen LogP contribution in [-0.4, -0.2) is 22.2 Å². The Balaban J connectivity index is 2.71. The van der Waals surface area contributed by atoms with Gasteiger partial charge in [-0.25, -0.2) is 0 Å². The molecular formula is C4H4BrNO2.